The Morgan fingerprint density at radius 1 is 0.785 bits per heavy atom. The average molecular weight is 930 g/mol. The largest absolute Gasteiger partial charge is 0.377 e. The standard InChI is InChI=1S/C41H68N18O5.ClH/c1-5-23-62-25-27-64-28-26-63-24-14-46-39-47-40(56-19-15-54(16-20-56)36(60)32(4)58-29-34(50-52-58)11-9-13-45-38(43)44)49-41(48-39)57-21-17-55(18-22-57)37(61)35(31(3)6-2)59-30-33(51-53-59)10-7-8-12-42;/h1,29-32,35H,6-28,42H2,2-4H3,(H4,43,44,45)(H,46,47,48,49);1H/t31-,32-,35-;/m0./s1. The van der Waals surface area contributed by atoms with E-state index in [-0.39, 0.29) is 42.7 Å². The molecular formula is C41H69ClN18O5. The second kappa shape index (κ2) is 27.8. The zero-order valence-electron chi connectivity index (χ0n) is 38.2. The zero-order valence-corrected chi connectivity index (χ0v) is 39.0. The molecule has 0 radical (unpaired) electrons. The molecule has 3 aromatic rings. The molecule has 7 N–H and O–H groups in total. The summed E-state index contributed by atoms with van der Waals surface area (Å²) in [5.74, 6) is 3.93. The summed E-state index contributed by atoms with van der Waals surface area (Å²) >= 11 is 0. The molecule has 0 bridgehead atoms. The van der Waals surface area contributed by atoms with Gasteiger partial charge in [-0.3, -0.25) is 14.6 Å². The van der Waals surface area contributed by atoms with Gasteiger partial charge in [0, 0.05) is 77.8 Å². The number of terminal acetylenes is 1. The monoisotopic (exact) mass is 929 g/mol. The number of nitrogens with zero attached hydrogens (tertiary/aromatic N) is 14. The Balaban J connectivity index is 0.00000925. The van der Waals surface area contributed by atoms with E-state index in [1.54, 1.807) is 15.6 Å². The molecule has 2 fully saturated rings. The van der Waals surface area contributed by atoms with Crippen LogP contribution in [0.25, 0.3) is 0 Å². The smallest absolute Gasteiger partial charge is 0.247 e. The van der Waals surface area contributed by atoms with Gasteiger partial charge >= 0.3 is 0 Å². The minimum Gasteiger partial charge on any atom is -0.377 e. The van der Waals surface area contributed by atoms with Crippen molar-refractivity contribution in [1.29, 1.82) is 0 Å². The SMILES string of the molecule is C#CCOCCOCCOCCNc1nc(N2CCN(C(=O)[C@H]([C@@H](C)CC)n3cc(CCCCN)nn3)CC2)nc(N2CCN(C(=O)[C@H](C)n3cc(CCCN=C(N)N)nn3)CC2)n1.Cl. The number of nitrogens with one attached hydrogen (secondary N) is 1. The van der Waals surface area contributed by atoms with Crippen molar-refractivity contribution in [3.8, 4) is 12.3 Å². The molecule has 2 saturated heterocycles. The first-order chi connectivity index (χ1) is 31.1. The van der Waals surface area contributed by atoms with Crippen LogP contribution in [0.4, 0.5) is 17.8 Å². The summed E-state index contributed by atoms with van der Waals surface area (Å²) in [6.07, 6.45) is 13.7. The van der Waals surface area contributed by atoms with E-state index in [1.807, 2.05) is 22.9 Å². The topological polar surface area (TPSA) is 277 Å². The van der Waals surface area contributed by atoms with Crippen LogP contribution < -0.4 is 32.3 Å². The lowest BCUT2D eigenvalue weighted by atomic mass is 9.97. The van der Waals surface area contributed by atoms with E-state index in [2.05, 4.69) is 60.5 Å². The van der Waals surface area contributed by atoms with Gasteiger partial charge in [-0.15, -0.1) is 29.0 Å². The number of halogens is 1. The first-order valence-corrected chi connectivity index (χ1v) is 22.4. The number of aromatic nitrogens is 9. The van der Waals surface area contributed by atoms with Crippen LogP contribution in [0, 0.1) is 18.3 Å². The van der Waals surface area contributed by atoms with Gasteiger partial charge in [0.2, 0.25) is 29.7 Å². The molecule has 2 aliphatic rings. The Labute approximate surface area is 388 Å². The van der Waals surface area contributed by atoms with E-state index in [1.165, 1.54) is 0 Å². The van der Waals surface area contributed by atoms with E-state index in [4.69, 9.17) is 52.8 Å². The number of unbranched alkanes of at least 4 members (excludes halogenated alkanes) is 1. The number of guanidine groups is 1. The van der Waals surface area contributed by atoms with E-state index in [0.29, 0.717) is 136 Å². The minimum absolute atomic E-state index is 0. The third-order valence-corrected chi connectivity index (χ3v) is 11.2. The number of anilines is 3. The summed E-state index contributed by atoms with van der Waals surface area (Å²) in [7, 11) is 0. The van der Waals surface area contributed by atoms with Crippen molar-refractivity contribution in [2.75, 3.05) is 127 Å². The molecule has 0 unspecified atom stereocenters. The van der Waals surface area contributed by atoms with Crippen LogP contribution in [0.1, 0.15) is 69.9 Å². The molecule has 2 aliphatic heterocycles. The molecule has 0 aliphatic carbocycles. The van der Waals surface area contributed by atoms with E-state index in [9.17, 15) is 9.59 Å². The second-order valence-electron chi connectivity index (χ2n) is 15.8. The van der Waals surface area contributed by atoms with Gasteiger partial charge in [-0.2, -0.15) is 15.0 Å². The maximum Gasteiger partial charge on any atom is 0.247 e. The zero-order chi connectivity index (χ0) is 45.7. The van der Waals surface area contributed by atoms with Crippen molar-refractivity contribution < 1.29 is 23.8 Å². The molecule has 24 heteroatoms. The number of hydrogen-bond acceptors (Lipinski definition) is 17. The molecule has 360 valence electrons. The van der Waals surface area contributed by atoms with Crippen LogP contribution in [0.15, 0.2) is 17.4 Å². The molecule has 3 atom stereocenters. The molecule has 0 saturated carbocycles. The van der Waals surface area contributed by atoms with Crippen molar-refractivity contribution in [3.05, 3.63) is 23.8 Å². The Kier molecular flexibility index (Phi) is 22.3. The maximum absolute atomic E-state index is 14.1. The molecular weight excluding hydrogens is 860 g/mol. The fraction of sp³-hybridized carbons (Fsp3) is 0.707. The number of hydrogen-bond donors (Lipinski definition) is 4. The molecule has 23 nitrogen and oxygen atoms in total. The van der Waals surface area contributed by atoms with E-state index >= 15 is 0 Å². The quantitative estimate of drug-likeness (QED) is 0.0336. The highest BCUT2D eigenvalue weighted by Gasteiger charge is 2.34. The van der Waals surface area contributed by atoms with Gasteiger partial charge in [-0.05, 0) is 51.5 Å². The molecule has 0 aromatic carbocycles. The average Bonchev–Trinajstić information content (AvgIpc) is 3.99. The molecule has 2 amide bonds. The summed E-state index contributed by atoms with van der Waals surface area (Å²) < 4.78 is 19.8. The number of amides is 2. The van der Waals surface area contributed by atoms with Crippen molar-refractivity contribution in [1.82, 2.24) is 54.7 Å². The Bertz CT molecular complexity index is 1940. The van der Waals surface area contributed by atoms with Crippen LogP contribution in [-0.4, -0.2) is 184 Å². The molecule has 65 heavy (non-hydrogen) atoms. The number of aliphatic imine (C=N–C) groups is 1. The van der Waals surface area contributed by atoms with Gasteiger partial charge in [0.1, 0.15) is 18.7 Å². The summed E-state index contributed by atoms with van der Waals surface area (Å²) in [4.78, 5) is 54.2. The minimum atomic E-state index is -0.530. The fourth-order valence-electron chi connectivity index (χ4n) is 7.28. The van der Waals surface area contributed by atoms with E-state index < -0.39 is 12.1 Å². The first-order valence-electron chi connectivity index (χ1n) is 22.4. The van der Waals surface area contributed by atoms with Gasteiger partial charge in [-0.1, -0.05) is 36.6 Å². The van der Waals surface area contributed by atoms with Gasteiger partial charge in [0.05, 0.1) is 44.4 Å². The summed E-state index contributed by atoms with van der Waals surface area (Å²) in [6, 6.07) is -0.985. The summed E-state index contributed by atoms with van der Waals surface area (Å²) in [5.41, 5.74) is 18.2. The number of rotatable bonds is 27. The first kappa shape index (κ1) is 52.2. The number of nitrogens with two attached hydrogens (primary N) is 3. The van der Waals surface area contributed by atoms with Crippen LogP contribution in [0.2, 0.25) is 0 Å². The van der Waals surface area contributed by atoms with Crippen molar-refractivity contribution in [2.24, 2.45) is 28.1 Å². The predicted molar refractivity (Wildman–Crippen MR) is 249 cm³/mol. The van der Waals surface area contributed by atoms with E-state index in [0.717, 1.165) is 37.1 Å². The number of piperazine rings is 2. The highest BCUT2D eigenvalue weighted by molar-refractivity contribution is 5.85. The molecule has 3 aromatic heterocycles. The lowest BCUT2D eigenvalue weighted by molar-refractivity contribution is -0.137. The van der Waals surface area contributed by atoms with Gasteiger partial charge in [-0.25, -0.2) is 9.36 Å². The third-order valence-electron chi connectivity index (χ3n) is 11.2. The van der Waals surface area contributed by atoms with Crippen LogP contribution in [0.5, 0.6) is 0 Å². The number of ether oxygens (including phenoxy) is 3. The lowest BCUT2D eigenvalue weighted by Crippen LogP contribution is -2.52. The Hall–Kier alpha value is -5.41. The number of carbonyl (C=O) groups excluding carboxylic acids is 2. The van der Waals surface area contributed by atoms with Crippen LogP contribution in [-0.2, 0) is 36.6 Å². The Morgan fingerprint density at radius 2 is 1.34 bits per heavy atom. The second-order valence-corrected chi connectivity index (χ2v) is 15.8. The molecule has 5 heterocycles. The van der Waals surface area contributed by atoms with Gasteiger partial charge in [0.15, 0.2) is 5.96 Å². The van der Waals surface area contributed by atoms with Gasteiger partial charge < -0.3 is 56.3 Å². The lowest BCUT2D eigenvalue weighted by Gasteiger charge is -2.38. The number of carbonyl (C=O) groups is 2. The number of aryl methyl sites for hydroxylation is 2. The Morgan fingerprint density at radius 3 is 1.92 bits per heavy atom. The summed E-state index contributed by atoms with van der Waals surface area (Å²) in [5, 5.41) is 20.5. The van der Waals surface area contributed by atoms with Crippen LogP contribution >= 0.6 is 12.4 Å². The molecule has 5 rings (SSSR count). The third kappa shape index (κ3) is 16.2. The van der Waals surface area contributed by atoms with Crippen molar-refractivity contribution >= 4 is 48.0 Å². The van der Waals surface area contributed by atoms with Crippen molar-refractivity contribution in [2.45, 2.75) is 71.4 Å². The van der Waals surface area contributed by atoms with Crippen LogP contribution in [0.3, 0.4) is 0 Å². The van der Waals surface area contributed by atoms with Gasteiger partial charge in [0.25, 0.3) is 0 Å². The predicted octanol–water partition coefficient (Wildman–Crippen LogP) is -0.0955. The molecule has 0 spiro atoms. The normalized spacial score (nSPS) is 15.5. The highest BCUT2D eigenvalue weighted by Crippen LogP contribution is 2.26. The fourth-order valence-corrected chi connectivity index (χ4v) is 7.28. The van der Waals surface area contributed by atoms with Crippen molar-refractivity contribution in [3.63, 3.8) is 0 Å². The maximum atomic E-state index is 14.1. The highest BCUT2D eigenvalue weighted by atomic mass is 35.5. The summed E-state index contributed by atoms with van der Waals surface area (Å²) in [6.45, 7) is 13.9.